The van der Waals surface area contributed by atoms with Crippen LogP contribution >= 0.6 is 35.3 Å². The molecule has 3 heterocycles. The number of rotatable bonds is 8. The molecular formula is C21H34IN7S. The molecule has 1 saturated heterocycles. The smallest absolute Gasteiger partial charge is 0.191 e. The predicted octanol–water partition coefficient (Wildman–Crippen LogP) is 2.90. The molecule has 0 radical (unpaired) electrons. The minimum absolute atomic E-state index is 0. The number of guanidine groups is 1. The third-order valence-corrected chi connectivity index (χ3v) is 5.99. The zero-order valence-electron chi connectivity index (χ0n) is 18.2. The second kappa shape index (κ2) is 13.1. The van der Waals surface area contributed by atoms with Crippen LogP contribution < -0.4 is 15.5 Å². The average molecular weight is 544 g/mol. The van der Waals surface area contributed by atoms with Crippen LogP contribution in [0.4, 0.5) is 5.82 Å². The highest BCUT2D eigenvalue weighted by atomic mass is 127. The standard InChI is InChI=1S/C21H33N7S.HI/c1-4-22-21(24-9-7-20-25-15-17(3)29-20)26-16-18-6-8-23-19(14-18)28-12-10-27(5-2)11-13-28;/h6,8,14-15H,4-5,7,9-13,16H2,1-3H3,(H2,22,24,26);1H. The first-order valence-corrected chi connectivity index (χ1v) is 11.3. The van der Waals surface area contributed by atoms with E-state index in [1.165, 1.54) is 10.4 Å². The summed E-state index contributed by atoms with van der Waals surface area (Å²) in [6.07, 6.45) is 4.74. The summed E-state index contributed by atoms with van der Waals surface area (Å²) < 4.78 is 0. The lowest BCUT2D eigenvalue weighted by molar-refractivity contribution is 0.270. The van der Waals surface area contributed by atoms with E-state index in [1.54, 1.807) is 11.3 Å². The van der Waals surface area contributed by atoms with Gasteiger partial charge in [0.1, 0.15) is 5.82 Å². The second-order valence-electron chi connectivity index (χ2n) is 7.18. The van der Waals surface area contributed by atoms with Crippen LogP contribution in [-0.4, -0.2) is 66.6 Å². The van der Waals surface area contributed by atoms with Crippen LogP contribution in [0.2, 0.25) is 0 Å². The molecule has 0 unspecified atom stereocenters. The van der Waals surface area contributed by atoms with Gasteiger partial charge in [0.15, 0.2) is 5.96 Å². The third-order valence-electron chi connectivity index (χ3n) is 5.02. The molecule has 1 aliphatic rings. The van der Waals surface area contributed by atoms with E-state index in [0.29, 0.717) is 6.54 Å². The van der Waals surface area contributed by atoms with E-state index in [4.69, 9.17) is 4.99 Å². The maximum absolute atomic E-state index is 4.75. The van der Waals surface area contributed by atoms with Crippen molar-refractivity contribution in [3.8, 4) is 0 Å². The average Bonchev–Trinajstić information content (AvgIpc) is 3.17. The fourth-order valence-corrected chi connectivity index (χ4v) is 4.13. The number of aryl methyl sites for hydroxylation is 1. The quantitative estimate of drug-likeness (QED) is 0.303. The Kier molecular flexibility index (Phi) is 10.8. The fraction of sp³-hybridized carbons (Fsp3) is 0.571. The Hall–Kier alpha value is -1.46. The molecule has 0 spiro atoms. The van der Waals surface area contributed by atoms with E-state index in [1.807, 2.05) is 12.4 Å². The van der Waals surface area contributed by atoms with Gasteiger partial charge in [-0.05, 0) is 38.1 Å². The number of piperazine rings is 1. The predicted molar refractivity (Wildman–Crippen MR) is 137 cm³/mol. The van der Waals surface area contributed by atoms with Crippen LogP contribution in [-0.2, 0) is 13.0 Å². The number of anilines is 1. The Morgan fingerprint density at radius 2 is 1.97 bits per heavy atom. The molecule has 0 atom stereocenters. The molecule has 7 nitrogen and oxygen atoms in total. The number of thiazole rings is 1. The monoisotopic (exact) mass is 543 g/mol. The van der Waals surface area contributed by atoms with Gasteiger partial charge in [-0.25, -0.2) is 15.0 Å². The van der Waals surface area contributed by atoms with Crippen molar-refractivity contribution in [3.05, 3.63) is 40.0 Å². The SMILES string of the molecule is CCNC(=NCc1ccnc(N2CCN(CC)CC2)c1)NCCc1ncc(C)s1.I. The third kappa shape index (κ3) is 7.66. The highest BCUT2D eigenvalue weighted by Crippen LogP contribution is 2.16. The summed E-state index contributed by atoms with van der Waals surface area (Å²) >= 11 is 1.75. The molecule has 2 aromatic heterocycles. The minimum atomic E-state index is 0. The van der Waals surface area contributed by atoms with E-state index in [0.717, 1.165) is 69.0 Å². The Morgan fingerprint density at radius 1 is 1.17 bits per heavy atom. The van der Waals surface area contributed by atoms with Crippen molar-refractivity contribution in [1.29, 1.82) is 0 Å². The normalized spacial score (nSPS) is 15.0. The number of nitrogens with zero attached hydrogens (tertiary/aromatic N) is 5. The molecule has 0 bridgehead atoms. The first kappa shape index (κ1) is 24.8. The summed E-state index contributed by atoms with van der Waals surface area (Å²) in [6, 6.07) is 4.23. The summed E-state index contributed by atoms with van der Waals surface area (Å²) in [5, 5.41) is 7.90. The van der Waals surface area contributed by atoms with Gasteiger partial charge in [-0.15, -0.1) is 35.3 Å². The number of nitrogens with one attached hydrogen (secondary N) is 2. The van der Waals surface area contributed by atoms with Gasteiger partial charge in [0, 0.05) is 63.0 Å². The number of aromatic nitrogens is 2. The van der Waals surface area contributed by atoms with Crippen molar-refractivity contribution >= 4 is 47.1 Å². The van der Waals surface area contributed by atoms with Crippen LogP contribution in [0.25, 0.3) is 0 Å². The van der Waals surface area contributed by atoms with Crippen molar-refractivity contribution in [1.82, 2.24) is 25.5 Å². The first-order chi connectivity index (χ1) is 14.2. The van der Waals surface area contributed by atoms with Gasteiger partial charge < -0.3 is 20.4 Å². The van der Waals surface area contributed by atoms with Crippen molar-refractivity contribution in [2.45, 2.75) is 33.7 Å². The fourth-order valence-electron chi connectivity index (χ4n) is 3.34. The van der Waals surface area contributed by atoms with E-state index >= 15 is 0 Å². The summed E-state index contributed by atoms with van der Waals surface area (Å²) in [5.74, 6) is 1.90. The number of aliphatic imine (C=N–C) groups is 1. The van der Waals surface area contributed by atoms with Crippen molar-refractivity contribution in [2.24, 2.45) is 4.99 Å². The molecular weight excluding hydrogens is 509 g/mol. The molecule has 30 heavy (non-hydrogen) atoms. The van der Waals surface area contributed by atoms with Gasteiger partial charge >= 0.3 is 0 Å². The zero-order valence-corrected chi connectivity index (χ0v) is 21.4. The summed E-state index contributed by atoms with van der Waals surface area (Å²) in [6.45, 7) is 14.1. The Bertz CT molecular complexity index is 787. The van der Waals surface area contributed by atoms with Gasteiger partial charge in [0.05, 0.1) is 11.6 Å². The van der Waals surface area contributed by atoms with Crippen LogP contribution in [0, 0.1) is 6.92 Å². The maximum Gasteiger partial charge on any atom is 0.191 e. The molecule has 2 aromatic rings. The van der Waals surface area contributed by atoms with Crippen LogP contribution in [0.3, 0.4) is 0 Å². The number of pyridine rings is 1. The molecule has 1 fully saturated rings. The Morgan fingerprint density at radius 3 is 2.63 bits per heavy atom. The lowest BCUT2D eigenvalue weighted by Crippen LogP contribution is -2.46. The molecule has 166 valence electrons. The number of halogens is 1. The molecule has 1 aliphatic heterocycles. The molecule has 0 amide bonds. The van der Waals surface area contributed by atoms with Gasteiger partial charge in [0.25, 0.3) is 0 Å². The van der Waals surface area contributed by atoms with Gasteiger partial charge in [-0.3, -0.25) is 0 Å². The molecule has 0 saturated carbocycles. The van der Waals surface area contributed by atoms with Crippen molar-refractivity contribution < 1.29 is 0 Å². The van der Waals surface area contributed by atoms with Gasteiger partial charge in [-0.2, -0.15) is 0 Å². The molecule has 0 aromatic carbocycles. The highest BCUT2D eigenvalue weighted by molar-refractivity contribution is 14.0. The maximum atomic E-state index is 4.75. The molecule has 0 aliphatic carbocycles. The van der Waals surface area contributed by atoms with Crippen LogP contribution in [0.5, 0.6) is 0 Å². The molecule has 9 heteroatoms. The van der Waals surface area contributed by atoms with E-state index in [-0.39, 0.29) is 24.0 Å². The lowest BCUT2D eigenvalue weighted by Gasteiger charge is -2.34. The Labute approximate surface area is 201 Å². The first-order valence-electron chi connectivity index (χ1n) is 10.5. The minimum Gasteiger partial charge on any atom is -0.357 e. The number of likely N-dealkylation sites (N-methyl/N-ethyl adjacent to an activating group) is 1. The van der Waals surface area contributed by atoms with Crippen molar-refractivity contribution in [3.63, 3.8) is 0 Å². The topological polar surface area (TPSA) is 68.7 Å². The van der Waals surface area contributed by atoms with Crippen molar-refractivity contribution in [2.75, 3.05) is 50.7 Å². The summed E-state index contributed by atoms with van der Waals surface area (Å²) in [4.78, 5) is 19.9. The zero-order chi connectivity index (χ0) is 20.5. The van der Waals surface area contributed by atoms with Gasteiger partial charge in [-0.1, -0.05) is 6.92 Å². The summed E-state index contributed by atoms with van der Waals surface area (Å²) in [7, 11) is 0. The van der Waals surface area contributed by atoms with Crippen LogP contribution in [0.15, 0.2) is 29.5 Å². The van der Waals surface area contributed by atoms with E-state index in [2.05, 4.69) is 63.3 Å². The molecule has 2 N–H and O–H groups in total. The Balaban J connectivity index is 0.00000320. The lowest BCUT2D eigenvalue weighted by atomic mass is 10.2. The number of hydrogen-bond donors (Lipinski definition) is 2. The molecule has 3 rings (SSSR count). The van der Waals surface area contributed by atoms with Gasteiger partial charge in [0.2, 0.25) is 0 Å². The number of hydrogen-bond acceptors (Lipinski definition) is 6. The van der Waals surface area contributed by atoms with E-state index in [9.17, 15) is 0 Å². The van der Waals surface area contributed by atoms with Crippen LogP contribution in [0.1, 0.15) is 29.3 Å². The second-order valence-corrected chi connectivity index (χ2v) is 8.50. The largest absolute Gasteiger partial charge is 0.357 e. The summed E-state index contributed by atoms with van der Waals surface area (Å²) in [5.41, 5.74) is 1.18. The van der Waals surface area contributed by atoms with E-state index < -0.39 is 0 Å². The highest BCUT2D eigenvalue weighted by Gasteiger charge is 2.16.